The molecule has 102 valence electrons. The molecule has 0 amide bonds. The smallest absolute Gasteiger partial charge is 0.0851 e. The second-order valence-electron chi connectivity index (χ2n) is 5.23. The molecule has 2 nitrogen and oxygen atoms in total. The molecule has 2 aromatic carbocycles. The second-order valence-corrected chi connectivity index (χ2v) is 5.23. The zero-order chi connectivity index (χ0) is 13.9. The maximum absolute atomic E-state index is 4.15. The van der Waals surface area contributed by atoms with Crippen molar-refractivity contribution in [2.45, 2.75) is 19.3 Å². The van der Waals surface area contributed by atoms with E-state index < -0.39 is 0 Å². The van der Waals surface area contributed by atoms with Crippen LogP contribution in [0.25, 0.3) is 10.9 Å². The van der Waals surface area contributed by atoms with Gasteiger partial charge in [-0.15, -0.1) is 0 Å². The van der Waals surface area contributed by atoms with Crippen molar-refractivity contribution in [2.24, 2.45) is 0 Å². The van der Waals surface area contributed by atoms with Crippen LogP contribution in [0.15, 0.2) is 54.7 Å². The predicted molar refractivity (Wildman–Crippen MR) is 83.7 cm³/mol. The van der Waals surface area contributed by atoms with E-state index in [1.165, 1.54) is 27.6 Å². The van der Waals surface area contributed by atoms with E-state index in [2.05, 4.69) is 72.4 Å². The largest absolute Gasteiger partial charge is 0.361 e. The van der Waals surface area contributed by atoms with Crippen molar-refractivity contribution in [3.8, 4) is 0 Å². The van der Waals surface area contributed by atoms with Gasteiger partial charge in [0.25, 0.3) is 0 Å². The fourth-order valence-corrected chi connectivity index (χ4v) is 2.87. The third-order valence-corrected chi connectivity index (χ3v) is 4.08. The Balaban J connectivity index is 2.04. The number of aromatic nitrogens is 1. The van der Waals surface area contributed by atoms with Gasteiger partial charge in [0.1, 0.15) is 0 Å². The van der Waals surface area contributed by atoms with Crippen LogP contribution in [0.2, 0.25) is 0 Å². The van der Waals surface area contributed by atoms with Gasteiger partial charge < -0.3 is 10.7 Å². The Hall–Kier alpha value is -2.06. The maximum atomic E-state index is 4.15. The molecule has 1 aromatic heterocycles. The molecule has 3 aromatic rings. The third-order valence-electron chi connectivity index (χ3n) is 4.08. The van der Waals surface area contributed by atoms with E-state index in [-0.39, 0.29) is 0 Å². The molecular formula is C18H21N2+. The zero-order valence-corrected chi connectivity index (χ0v) is 11.9. The minimum atomic E-state index is 0.358. The molecule has 0 aliphatic rings. The van der Waals surface area contributed by atoms with Crippen molar-refractivity contribution in [3.05, 3.63) is 71.4 Å². The average molecular weight is 265 g/mol. The molecule has 0 bridgehead atoms. The van der Waals surface area contributed by atoms with Crippen LogP contribution in [-0.4, -0.2) is 11.5 Å². The van der Waals surface area contributed by atoms with Gasteiger partial charge in [0, 0.05) is 17.1 Å². The van der Waals surface area contributed by atoms with Crippen LogP contribution < -0.4 is 5.73 Å². The molecule has 0 fully saturated rings. The van der Waals surface area contributed by atoms with Crippen LogP contribution in [0.3, 0.4) is 0 Å². The number of hydrogen-bond donors (Lipinski definition) is 2. The molecular weight excluding hydrogens is 244 g/mol. The number of fused-ring (bicyclic) bond motifs is 1. The Kier molecular flexibility index (Phi) is 3.57. The summed E-state index contributed by atoms with van der Waals surface area (Å²) in [4.78, 5) is 3.37. The van der Waals surface area contributed by atoms with Gasteiger partial charge in [-0.3, -0.25) is 0 Å². The summed E-state index contributed by atoms with van der Waals surface area (Å²) in [5, 5.41) is 1.31. The highest BCUT2D eigenvalue weighted by atomic mass is 14.7. The number of para-hydroxylation sites is 1. The van der Waals surface area contributed by atoms with Crippen molar-refractivity contribution < 1.29 is 5.73 Å². The van der Waals surface area contributed by atoms with Crippen LogP contribution in [0.1, 0.15) is 29.5 Å². The lowest BCUT2D eigenvalue weighted by Gasteiger charge is -2.13. The number of aryl methyl sites for hydroxylation is 1. The van der Waals surface area contributed by atoms with Crippen molar-refractivity contribution >= 4 is 10.9 Å². The number of rotatable bonds is 4. The van der Waals surface area contributed by atoms with Gasteiger partial charge in [-0.25, -0.2) is 0 Å². The van der Waals surface area contributed by atoms with Crippen LogP contribution in [-0.2, 0) is 6.42 Å². The van der Waals surface area contributed by atoms with Crippen LogP contribution in [0, 0.1) is 0 Å². The van der Waals surface area contributed by atoms with Crippen molar-refractivity contribution in [1.82, 2.24) is 4.98 Å². The van der Waals surface area contributed by atoms with Gasteiger partial charge in [-0.2, -0.15) is 0 Å². The lowest BCUT2D eigenvalue weighted by molar-refractivity contribution is -0.370. The summed E-state index contributed by atoms with van der Waals surface area (Å²) in [5.74, 6) is 0.358. The Morgan fingerprint density at radius 2 is 1.80 bits per heavy atom. The van der Waals surface area contributed by atoms with Gasteiger partial charge >= 0.3 is 0 Å². The number of nitrogens with one attached hydrogen (secondary N) is 1. The van der Waals surface area contributed by atoms with Gasteiger partial charge in [-0.1, -0.05) is 49.4 Å². The zero-order valence-electron chi connectivity index (χ0n) is 11.9. The summed E-state index contributed by atoms with van der Waals surface area (Å²) in [6.45, 7) is 3.06. The third kappa shape index (κ3) is 2.23. The molecule has 1 heterocycles. The van der Waals surface area contributed by atoms with Crippen LogP contribution >= 0.6 is 0 Å². The first-order valence-corrected chi connectivity index (χ1v) is 7.27. The van der Waals surface area contributed by atoms with Gasteiger partial charge in [-0.05, 0) is 29.2 Å². The van der Waals surface area contributed by atoms with Crippen molar-refractivity contribution in [1.29, 1.82) is 0 Å². The number of aromatic amines is 1. The highest BCUT2D eigenvalue weighted by Gasteiger charge is 2.18. The quantitative estimate of drug-likeness (QED) is 0.728. The summed E-state index contributed by atoms with van der Waals surface area (Å²) < 4.78 is 0. The molecule has 0 spiro atoms. The summed E-state index contributed by atoms with van der Waals surface area (Å²) in [6, 6.07) is 17.4. The summed E-state index contributed by atoms with van der Waals surface area (Å²) in [7, 11) is 0. The number of hydrogen-bond acceptors (Lipinski definition) is 0. The van der Waals surface area contributed by atoms with E-state index in [1.807, 2.05) is 0 Å². The lowest BCUT2D eigenvalue weighted by Crippen LogP contribution is -2.53. The van der Waals surface area contributed by atoms with E-state index in [0.717, 1.165) is 13.0 Å². The monoisotopic (exact) mass is 265 g/mol. The standard InChI is InChI=1S/C18H20N2/c1-2-13-7-9-14(10-8-13)16(11-19)17-12-20-18-6-4-3-5-15(17)18/h3-10,12,16,20H,2,11,19H2,1H3/p+1/t16-/m1/s1. The Bertz CT molecular complexity index is 695. The topological polar surface area (TPSA) is 43.4 Å². The number of H-pyrrole nitrogens is 1. The molecule has 0 aliphatic heterocycles. The van der Waals surface area contributed by atoms with Gasteiger partial charge in [0.2, 0.25) is 0 Å². The Morgan fingerprint density at radius 3 is 2.50 bits per heavy atom. The number of benzene rings is 2. The molecule has 20 heavy (non-hydrogen) atoms. The maximum Gasteiger partial charge on any atom is 0.0851 e. The molecule has 3 rings (SSSR count). The fourth-order valence-electron chi connectivity index (χ4n) is 2.87. The minimum Gasteiger partial charge on any atom is -0.361 e. The van der Waals surface area contributed by atoms with E-state index in [1.54, 1.807) is 0 Å². The van der Waals surface area contributed by atoms with Crippen molar-refractivity contribution in [3.63, 3.8) is 0 Å². The minimum absolute atomic E-state index is 0.358. The first-order valence-electron chi connectivity index (χ1n) is 7.27. The van der Waals surface area contributed by atoms with Crippen LogP contribution in [0.5, 0.6) is 0 Å². The summed E-state index contributed by atoms with van der Waals surface area (Å²) in [5.41, 5.74) is 9.43. The summed E-state index contributed by atoms with van der Waals surface area (Å²) >= 11 is 0. The Morgan fingerprint density at radius 1 is 1.05 bits per heavy atom. The molecule has 0 saturated carbocycles. The van der Waals surface area contributed by atoms with Gasteiger partial charge in [0.15, 0.2) is 0 Å². The average Bonchev–Trinajstić information content (AvgIpc) is 2.93. The van der Waals surface area contributed by atoms with E-state index in [0.29, 0.717) is 5.92 Å². The first kappa shape index (κ1) is 12.9. The molecule has 1 atom stereocenters. The van der Waals surface area contributed by atoms with E-state index in [4.69, 9.17) is 0 Å². The normalized spacial score (nSPS) is 12.7. The Labute approximate surface area is 119 Å². The van der Waals surface area contributed by atoms with E-state index >= 15 is 0 Å². The number of quaternary nitrogens is 1. The fraction of sp³-hybridized carbons (Fsp3) is 0.222. The van der Waals surface area contributed by atoms with E-state index in [9.17, 15) is 0 Å². The summed E-state index contributed by atoms with van der Waals surface area (Å²) in [6.07, 6.45) is 3.22. The van der Waals surface area contributed by atoms with Crippen LogP contribution in [0.4, 0.5) is 0 Å². The predicted octanol–water partition coefficient (Wildman–Crippen LogP) is 3.10. The first-order chi connectivity index (χ1) is 9.83. The highest BCUT2D eigenvalue weighted by Crippen LogP contribution is 2.29. The lowest BCUT2D eigenvalue weighted by atomic mass is 9.90. The molecule has 0 aliphatic carbocycles. The second kappa shape index (κ2) is 5.51. The molecule has 4 N–H and O–H groups in total. The SMILES string of the molecule is CCc1ccc([C@@H](C[NH3+])c2c[nH]c3ccccc23)cc1. The highest BCUT2D eigenvalue weighted by molar-refractivity contribution is 5.84. The molecule has 0 radical (unpaired) electrons. The molecule has 2 heteroatoms. The van der Waals surface area contributed by atoms with Gasteiger partial charge in [0.05, 0.1) is 12.5 Å². The van der Waals surface area contributed by atoms with Crippen molar-refractivity contribution in [2.75, 3.05) is 6.54 Å². The molecule has 0 saturated heterocycles. The molecule has 0 unspecified atom stereocenters.